The van der Waals surface area contributed by atoms with E-state index in [4.69, 9.17) is 10.6 Å². The van der Waals surface area contributed by atoms with Crippen LogP contribution in [0.4, 0.5) is 5.69 Å². The van der Waals surface area contributed by atoms with Crippen molar-refractivity contribution in [3.8, 4) is 5.75 Å². The topological polar surface area (TPSA) is 95.1 Å². The summed E-state index contributed by atoms with van der Waals surface area (Å²) in [6, 6.07) is 7.32. The minimum atomic E-state index is -0.370. The van der Waals surface area contributed by atoms with E-state index >= 15 is 0 Å². The highest BCUT2D eigenvalue weighted by Gasteiger charge is 2.25. The lowest BCUT2D eigenvalue weighted by Crippen LogP contribution is -2.24. The van der Waals surface area contributed by atoms with Crippen LogP contribution in [-0.2, 0) is 4.79 Å². The van der Waals surface area contributed by atoms with Gasteiger partial charge in [0, 0.05) is 5.92 Å². The maximum Gasteiger partial charge on any atom is 0.237 e. The van der Waals surface area contributed by atoms with Crippen LogP contribution in [0.5, 0.6) is 5.75 Å². The summed E-state index contributed by atoms with van der Waals surface area (Å²) in [5.41, 5.74) is 0.643. The highest BCUT2D eigenvalue weighted by molar-refractivity contribution is 8.00. The first-order chi connectivity index (χ1) is 12.6. The van der Waals surface area contributed by atoms with Crippen LogP contribution in [0.15, 0.2) is 29.4 Å². The van der Waals surface area contributed by atoms with Crippen LogP contribution in [0.2, 0.25) is 0 Å². The molecule has 0 radical (unpaired) electrons. The van der Waals surface area contributed by atoms with Crippen LogP contribution < -0.4 is 15.9 Å². The number of hydrogen-bond acceptors (Lipinski definition) is 6. The molecule has 1 aliphatic rings. The van der Waals surface area contributed by atoms with Gasteiger partial charge in [-0.15, -0.1) is 10.2 Å². The number of para-hydroxylation sites is 2. The van der Waals surface area contributed by atoms with E-state index in [-0.39, 0.29) is 11.2 Å². The third kappa shape index (κ3) is 4.12. The number of nitrogen functional groups attached to an aromatic ring is 1. The summed E-state index contributed by atoms with van der Waals surface area (Å²) in [6.07, 6.45) is 5.89. The Morgan fingerprint density at radius 3 is 2.77 bits per heavy atom. The van der Waals surface area contributed by atoms with Crippen LogP contribution in [0.3, 0.4) is 0 Å². The van der Waals surface area contributed by atoms with Crippen molar-refractivity contribution in [2.24, 2.45) is 0 Å². The molecule has 1 aliphatic carbocycles. The molecule has 1 aromatic heterocycles. The molecule has 0 bridgehead atoms. The van der Waals surface area contributed by atoms with Gasteiger partial charge in [0.15, 0.2) is 5.82 Å². The molecule has 2 aromatic rings. The standard InChI is InChI=1S/C18H25N5O2S/c1-12(17(24)20-14-10-6-7-11-15(14)25-2)26-18-22-21-16(23(18)19)13-8-4-3-5-9-13/h6-7,10-13H,3-5,8-9,19H2,1-2H3,(H,20,24)/t12-/m1/s1. The molecule has 3 N–H and O–H groups in total. The Morgan fingerprint density at radius 1 is 1.31 bits per heavy atom. The fraction of sp³-hybridized carbons (Fsp3) is 0.500. The van der Waals surface area contributed by atoms with E-state index in [9.17, 15) is 4.79 Å². The van der Waals surface area contributed by atoms with Gasteiger partial charge in [-0.3, -0.25) is 4.79 Å². The van der Waals surface area contributed by atoms with Crippen molar-refractivity contribution in [2.75, 3.05) is 18.3 Å². The van der Waals surface area contributed by atoms with Crippen molar-refractivity contribution < 1.29 is 9.53 Å². The van der Waals surface area contributed by atoms with Crippen LogP contribution in [0.25, 0.3) is 0 Å². The molecule has 1 amide bonds. The number of thioether (sulfide) groups is 1. The molecule has 0 unspecified atom stereocenters. The second-order valence-corrected chi connectivity index (χ2v) is 7.80. The molecular weight excluding hydrogens is 350 g/mol. The zero-order valence-electron chi connectivity index (χ0n) is 15.1. The number of nitrogens with one attached hydrogen (secondary N) is 1. The first-order valence-corrected chi connectivity index (χ1v) is 9.79. The van der Waals surface area contributed by atoms with E-state index in [1.54, 1.807) is 23.9 Å². The molecule has 1 saturated carbocycles. The van der Waals surface area contributed by atoms with Gasteiger partial charge in [-0.2, -0.15) is 0 Å². The third-order valence-electron chi connectivity index (χ3n) is 4.68. The van der Waals surface area contributed by atoms with Gasteiger partial charge in [-0.25, -0.2) is 4.68 Å². The molecule has 0 saturated heterocycles. The Bertz CT molecular complexity index is 758. The number of hydrogen-bond donors (Lipinski definition) is 2. The molecule has 7 nitrogen and oxygen atoms in total. The Hall–Kier alpha value is -2.22. The predicted octanol–water partition coefficient (Wildman–Crippen LogP) is 3.17. The fourth-order valence-electron chi connectivity index (χ4n) is 3.20. The second kappa shape index (κ2) is 8.44. The number of aromatic nitrogens is 3. The SMILES string of the molecule is COc1ccccc1NC(=O)[C@@H](C)Sc1nnc(C2CCCCC2)n1N. The molecule has 26 heavy (non-hydrogen) atoms. The highest BCUT2D eigenvalue weighted by atomic mass is 32.2. The number of carbonyl (C=O) groups excluding carboxylic acids is 1. The number of amides is 1. The van der Waals surface area contributed by atoms with Gasteiger partial charge in [-0.1, -0.05) is 43.2 Å². The van der Waals surface area contributed by atoms with Gasteiger partial charge >= 0.3 is 0 Å². The number of anilines is 1. The molecule has 1 atom stereocenters. The second-order valence-electron chi connectivity index (χ2n) is 6.50. The van der Waals surface area contributed by atoms with E-state index in [0.717, 1.165) is 18.7 Å². The molecule has 8 heteroatoms. The van der Waals surface area contributed by atoms with Crippen molar-refractivity contribution in [3.63, 3.8) is 0 Å². The number of rotatable bonds is 6. The maximum absolute atomic E-state index is 12.5. The lowest BCUT2D eigenvalue weighted by molar-refractivity contribution is -0.115. The number of ether oxygens (including phenoxy) is 1. The summed E-state index contributed by atoms with van der Waals surface area (Å²) in [4.78, 5) is 12.5. The fourth-order valence-corrected chi connectivity index (χ4v) is 3.98. The quantitative estimate of drug-likeness (QED) is 0.595. The molecule has 3 rings (SSSR count). The minimum Gasteiger partial charge on any atom is -0.495 e. The van der Waals surface area contributed by atoms with Crippen molar-refractivity contribution in [1.82, 2.24) is 14.9 Å². The summed E-state index contributed by atoms with van der Waals surface area (Å²) in [7, 11) is 1.58. The summed E-state index contributed by atoms with van der Waals surface area (Å²) < 4.78 is 6.81. The Balaban J connectivity index is 1.65. The summed E-state index contributed by atoms with van der Waals surface area (Å²) in [6.45, 7) is 1.82. The molecule has 0 spiro atoms. The smallest absolute Gasteiger partial charge is 0.237 e. The molecule has 0 aliphatic heterocycles. The highest BCUT2D eigenvalue weighted by Crippen LogP contribution is 2.33. The van der Waals surface area contributed by atoms with Crippen LogP contribution >= 0.6 is 11.8 Å². The Labute approximate surface area is 157 Å². The van der Waals surface area contributed by atoms with Gasteiger partial charge in [-0.05, 0) is 31.9 Å². The predicted molar refractivity (Wildman–Crippen MR) is 103 cm³/mol. The summed E-state index contributed by atoms with van der Waals surface area (Å²) in [5.74, 6) is 7.88. The third-order valence-corrected chi connectivity index (χ3v) is 5.73. The van der Waals surface area contributed by atoms with Gasteiger partial charge in [0.05, 0.1) is 18.0 Å². The van der Waals surface area contributed by atoms with Crippen LogP contribution in [0, 0.1) is 0 Å². The minimum absolute atomic E-state index is 0.137. The summed E-state index contributed by atoms with van der Waals surface area (Å²) >= 11 is 1.31. The van der Waals surface area contributed by atoms with Crippen molar-refractivity contribution >= 4 is 23.4 Å². The number of carbonyl (C=O) groups is 1. The zero-order chi connectivity index (χ0) is 18.5. The van der Waals surface area contributed by atoms with Crippen molar-refractivity contribution in [1.29, 1.82) is 0 Å². The van der Waals surface area contributed by atoms with Gasteiger partial charge < -0.3 is 15.9 Å². The van der Waals surface area contributed by atoms with E-state index < -0.39 is 0 Å². The number of nitrogens with two attached hydrogens (primary N) is 1. The van der Waals surface area contributed by atoms with Crippen LogP contribution in [0.1, 0.15) is 50.8 Å². The van der Waals surface area contributed by atoms with Crippen molar-refractivity contribution in [3.05, 3.63) is 30.1 Å². The molecule has 140 valence electrons. The number of benzene rings is 1. The van der Waals surface area contributed by atoms with E-state index in [1.165, 1.54) is 31.0 Å². The Kier molecular flexibility index (Phi) is 6.03. The van der Waals surface area contributed by atoms with Gasteiger partial charge in [0.1, 0.15) is 5.75 Å². The molecule has 1 heterocycles. The molecule has 1 fully saturated rings. The molecule has 1 aromatic carbocycles. The zero-order valence-corrected chi connectivity index (χ0v) is 16.0. The number of methoxy groups -OCH3 is 1. The lowest BCUT2D eigenvalue weighted by Gasteiger charge is -2.20. The first-order valence-electron chi connectivity index (χ1n) is 8.91. The first kappa shape index (κ1) is 18.6. The Morgan fingerprint density at radius 2 is 2.04 bits per heavy atom. The van der Waals surface area contributed by atoms with E-state index in [0.29, 0.717) is 22.5 Å². The summed E-state index contributed by atoms with van der Waals surface area (Å²) in [5, 5.41) is 11.6. The monoisotopic (exact) mass is 375 g/mol. The van der Waals surface area contributed by atoms with Crippen LogP contribution in [-0.4, -0.2) is 33.1 Å². The van der Waals surface area contributed by atoms with Crippen molar-refractivity contribution in [2.45, 2.75) is 55.4 Å². The van der Waals surface area contributed by atoms with Gasteiger partial charge in [0.2, 0.25) is 11.1 Å². The average molecular weight is 375 g/mol. The van der Waals surface area contributed by atoms with E-state index in [1.807, 2.05) is 19.1 Å². The normalized spacial score (nSPS) is 16.2. The largest absolute Gasteiger partial charge is 0.495 e. The average Bonchev–Trinajstić information content (AvgIpc) is 3.03. The van der Waals surface area contributed by atoms with Gasteiger partial charge in [0.25, 0.3) is 0 Å². The molecular formula is C18H25N5O2S. The maximum atomic E-state index is 12.5. The van der Waals surface area contributed by atoms with E-state index in [2.05, 4.69) is 15.5 Å². The number of nitrogens with zero attached hydrogens (tertiary/aromatic N) is 3. The lowest BCUT2D eigenvalue weighted by atomic mass is 9.89.